The van der Waals surface area contributed by atoms with E-state index in [4.69, 9.17) is 14.2 Å². The average Bonchev–Trinajstić information content (AvgIpc) is 2.74. The third-order valence-corrected chi connectivity index (χ3v) is 4.24. The Bertz CT molecular complexity index is 819. The molecule has 0 aromatic heterocycles. The number of benzene rings is 2. The van der Waals surface area contributed by atoms with Crippen LogP contribution in [0.2, 0.25) is 0 Å². The second-order valence-corrected chi connectivity index (χ2v) is 6.08. The maximum absolute atomic E-state index is 13.2. The topological polar surface area (TPSA) is 90.9 Å². The first kappa shape index (κ1) is 21.9. The fourth-order valence-corrected chi connectivity index (χ4v) is 2.88. The van der Waals surface area contributed by atoms with E-state index in [-0.39, 0.29) is 13.2 Å². The zero-order valence-corrected chi connectivity index (χ0v) is 16.7. The molecule has 29 heavy (non-hydrogen) atoms. The van der Waals surface area contributed by atoms with Gasteiger partial charge in [-0.3, -0.25) is 9.59 Å². The molecular formula is C22H25NO6. The van der Waals surface area contributed by atoms with Crippen molar-refractivity contribution in [3.63, 3.8) is 0 Å². The molecule has 154 valence electrons. The van der Waals surface area contributed by atoms with Crippen LogP contribution in [0.4, 0.5) is 4.79 Å². The largest absolute Gasteiger partial charge is 0.497 e. The summed E-state index contributed by atoms with van der Waals surface area (Å²) in [4.78, 5) is 38.2. The zero-order valence-electron chi connectivity index (χ0n) is 16.7. The summed E-state index contributed by atoms with van der Waals surface area (Å²) < 4.78 is 15.3. The van der Waals surface area contributed by atoms with Gasteiger partial charge in [-0.15, -0.1) is 0 Å². The highest BCUT2D eigenvalue weighted by Gasteiger charge is 2.39. The van der Waals surface area contributed by atoms with Crippen LogP contribution >= 0.6 is 0 Å². The monoisotopic (exact) mass is 399 g/mol. The number of esters is 1. The molecule has 7 nitrogen and oxygen atoms in total. The lowest BCUT2D eigenvalue weighted by Crippen LogP contribution is -2.41. The summed E-state index contributed by atoms with van der Waals surface area (Å²) in [7, 11) is 1.53. The van der Waals surface area contributed by atoms with Crippen molar-refractivity contribution in [3.8, 4) is 5.75 Å². The van der Waals surface area contributed by atoms with E-state index in [9.17, 15) is 14.4 Å². The number of carbonyl (C=O) groups excluding carboxylic acids is 3. The van der Waals surface area contributed by atoms with Gasteiger partial charge in [-0.05, 0) is 31.5 Å². The Kier molecular flexibility index (Phi) is 8.21. The molecule has 1 amide bonds. The Balaban J connectivity index is 2.50. The highest BCUT2D eigenvalue weighted by atomic mass is 16.5. The van der Waals surface area contributed by atoms with E-state index in [2.05, 4.69) is 5.32 Å². The lowest BCUT2D eigenvalue weighted by molar-refractivity contribution is -0.147. The Morgan fingerprint density at radius 1 is 0.897 bits per heavy atom. The van der Waals surface area contributed by atoms with Gasteiger partial charge in [-0.2, -0.15) is 0 Å². The van der Waals surface area contributed by atoms with E-state index < -0.39 is 29.8 Å². The summed E-state index contributed by atoms with van der Waals surface area (Å²) in [6.45, 7) is 3.58. The van der Waals surface area contributed by atoms with Crippen molar-refractivity contribution in [2.24, 2.45) is 5.92 Å². The summed E-state index contributed by atoms with van der Waals surface area (Å²) in [6.07, 6.45) is -0.733. The standard InChI is InChI=1S/C22H25NO6/c1-4-28-21(25)18(20(24)16-9-7-6-8-10-16)19(23-22(26)29-5-2)15-11-13-17(27-3)14-12-15/h6-14,18-19H,4-5H2,1-3H3,(H,23,26). The third kappa shape index (κ3) is 5.81. The average molecular weight is 399 g/mol. The van der Waals surface area contributed by atoms with Crippen LogP contribution < -0.4 is 10.1 Å². The van der Waals surface area contributed by atoms with E-state index in [1.54, 1.807) is 68.4 Å². The minimum atomic E-state index is -1.28. The molecule has 0 bridgehead atoms. The second-order valence-electron chi connectivity index (χ2n) is 6.08. The van der Waals surface area contributed by atoms with Crippen LogP contribution in [0.15, 0.2) is 54.6 Å². The number of ether oxygens (including phenoxy) is 3. The van der Waals surface area contributed by atoms with E-state index in [1.165, 1.54) is 7.11 Å². The number of carbonyl (C=O) groups is 3. The molecular weight excluding hydrogens is 374 g/mol. The van der Waals surface area contributed by atoms with Crippen LogP contribution in [0.3, 0.4) is 0 Å². The van der Waals surface area contributed by atoms with Crippen molar-refractivity contribution in [2.45, 2.75) is 19.9 Å². The number of hydrogen-bond acceptors (Lipinski definition) is 6. The molecule has 1 N–H and O–H groups in total. The van der Waals surface area contributed by atoms with Gasteiger partial charge < -0.3 is 19.5 Å². The SMILES string of the molecule is CCOC(=O)NC(c1ccc(OC)cc1)C(C(=O)OCC)C(=O)c1ccccc1. The smallest absolute Gasteiger partial charge is 0.407 e. The van der Waals surface area contributed by atoms with Crippen LogP contribution in [-0.4, -0.2) is 38.2 Å². The highest BCUT2D eigenvalue weighted by Crippen LogP contribution is 2.28. The molecule has 2 aromatic rings. The number of Topliss-reactive ketones (excluding diaryl/α,β-unsaturated/α-hetero) is 1. The zero-order chi connectivity index (χ0) is 21.2. The van der Waals surface area contributed by atoms with Gasteiger partial charge in [0.1, 0.15) is 11.7 Å². The van der Waals surface area contributed by atoms with Crippen molar-refractivity contribution in [1.29, 1.82) is 0 Å². The van der Waals surface area contributed by atoms with Crippen molar-refractivity contribution in [1.82, 2.24) is 5.32 Å². The fourth-order valence-electron chi connectivity index (χ4n) is 2.88. The molecule has 0 aliphatic heterocycles. The summed E-state index contributed by atoms with van der Waals surface area (Å²) in [5, 5.41) is 2.64. The molecule has 0 aliphatic rings. The number of rotatable bonds is 9. The Hall–Kier alpha value is -3.35. The van der Waals surface area contributed by atoms with Crippen LogP contribution in [0.25, 0.3) is 0 Å². The highest BCUT2D eigenvalue weighted by molar-refractivity contribution is 6.09. The van der Waals surface area contributed by atoms with Crippen LogP contribution in [0, 0.1) is 5.92 Å². The normalized spacial score (nSPS) is 12.4. The predicted octanol–water partition coefficient (Wildman–Crippen LogP) is 3.54. The van der Waals surface area contributed by atoms with Crippen LogP contribution in [0.1, 0.15) is 35.8 Å². The Morgan fingerprint density at radius 3 is 2.07 bits per heavy atom. The number of hydrogen-bond donors (Lipinski definition) is 1. The second kappa shape index (κ2) is 10.8. The lowest BCUT2D eigenvalue weighted by Gasteiger charge is -2.26. The summed E-state index contributed by atoms with van der Waals surface area (Å²) in [6, 6.07) is 14.2. The Labute approximate surface area is 170 Å². The number of methoxy groups -OCH3 is 1. The van der Waals surface area contributed by atoms with Crippen molar-refractivity contribution < 1.29 is 28.6 Å². The first-order chi connectivity index (χ1) is 14.0. The molecule has 0 saturated heterocycles. The predicted molar refractivity (Wildman–Crippen MR) is 107 cm³/mol. The van der Waals surface area contributed by atoms with Crippen LogP contribution in [0.5, 0.6) is 5.75 Å². The minimum absolute atomic E-state index is 0.103. The summed E-state index contributed by atoms with van der Waals surface area (Å²) >= 11 is 0. The van der Waals surface area contributed by atoms with E-state index in [0.717, 1.165) is 0 Å². The summed E-state index contributed by atoms with van der Waals surface area (Å²) in [5.41, 5.74) is 0.885. The fraction of sp³-hybridized carbons (Fsp3) is 0.318. The van der Waals surface area contributed by atoms with Crippen molar-refractivity contribution in [2.75, 3.05) is 20.3 Å². The molecule has 0 radical (unpaired) electrons. The van der Waals surface area contributed by atoms with Crippen molar-refractivity contribution >= 4 is 17.8 Å². The number of nitrogens with one attached hydrogen (secondary N) is 1. The van der Waals surface area contributed by atoms with E-state index in [1.807, 2.05) is 0 Å². The first-order valence-corrected chi connectivity index (χ1v) is 9.34. The molecule has 0 fully saturated rings. The maximum atomic E-state index is 13.2. The number of ketones is 1. The molecule has 2 unspecified atom stereocenters. The van der Waals surface area contributed by atoms with Gasteiger partial charge in [0.05, 0.1) is 26.4 Å². The molecule has 7 heteroatoms. The third-order valence-electron chi connectivity index (χ3n) is 4.24. The van der Waals surface area contributed by atoms with Crippen molar-refractivity contribution in [3.05, 3.63) is 65.7 Å². The Morgan fingerprint density at radius 2 is 1.52 bits per heavy atom. The minimum Gasteiger partial charge on any atom is -0.497 e. The van der Waals surface area contributed by atoms with Gasteiger partial charge in [0.25, 0.3) is 0 Å². The maximum Gasteiger partial charge on any atom is 0.407 e. The van der Waals surface area contributed by atoms with E-state index >= 15 is 0 Å². The molecule has 0 saturated carbocycles. The first-order valence-electron chi connectivity index (χ1n) is 9.34. The number of amides is 1. The molecule has 0 aliphatic carbocycles. The molecule has 2 aromatic carbocycles. The molecule has 0 spiro atoms. The van der Waals surface area contributed by atoms with Gasteiger partial charge in [0.2, 0.25) is 0 Å². The lowest BCUT2D eigenvalue weighted by atomic mass is 9.86. The van der Waals surface area contributed by atoms with Gasteiger partial charge in [0.15, 0.2) is 5.78 Å². The molecule has 0 heterocycles. The number of alkyl carbamates (subject to hydrolysis) is 1. The van der Waals surface area contributed by atoms with Crippen LogP contribution in [-0.2, 0) is 14.3 Å². The van der Waals surface area contributed by atoms with E-state index in [0.29, 0.717) is 16.9 Å². The van der Waals surface area contributed by atoms with Gasteiger partial charge in [0, 0.05) is 5.56 Å². The molecule has 2 rings (SSSR count). The quantitative estimate of drug-likeness (QED) is 0.394. The van der Waals surface area contributed by atoms with Gasteiger partial charge in [-0.1, -0.05) is 42.5 Å². The summed E-state index contributed by atoms with van der Waals surface area (Å²) in [5.74, 6) is -1.86. The van der Waals surface area contributed by atoms with Gasteiger partial charge >= 0.3 is 12.1 Å². The molecule has 2 atom stereocenters. The van der Waals surface area contributed by atoms with Gasteiger partial charge in [-0.25, -0.2) is 4.79 Å².